The third-order valence-electron chi connectivity index (χ3n) is 3.69. The third kappa shape index (κ3) is 3.26. The van der Waals surface area contributed by atoms with E-state index >= 15 is 0 Å². The van der Waals surface area contributed by atoms with Crippen molar-refractivity contribution in [3.8, 4) is 0 Å². The number of nitrogens with zero attached hydrogens (tertiary/aromatic N) is 2. The molecule has 0 unspecified atom stereocenters. The van der Waals surface area contributed by atoms with Crippen molar-refractivity contribution in [3.05, 3.63) is 83.9 Å². The van der Waals surface area contributed by atoms with Gasteiger partial charge >= 0.3 is 7.40 Å². The Kier molecular flexibility index (Phi) is 4.41. The van der Waals surface area contributed by atoms with Crippen molar-refractivity contribution < 1.29 is 8.63 Å². The Morgan fingerprint density at radius 2 is 1.87 bits per heavy atom. The number of aromatic nitrogens is 2. The number of rotatable bonds is 5. The molecule has 0 bridgehead atoms. The summed E-state index contributed by atoms with van der Waals surface area (Å²) in [6, 6.07) is 16.6. The summed E-state index contributed by atoms with van der Waals surface area (Å²) in [6.45, 7) is 1.95. The van der Waals surface area contributed by atoms with E-state index < -0.39 is 7.40 Å². The summed E-state index contributed by atoms with van der Waals surface area (Å²) >= 11 is 0. The molecule has 23 heavy (non-hydrogen) atoms. The van der Waals surface area contributed by atoms with Gasteiger partial charge in [0, 0.05) is 6.20 Å². The number of benzene rings is 1. The second-order valence-electron chi connectivity index (χ2n) is 5.23. The highest BCUT2D eigenvalue weighted by atomic mass is 19.2. The van der Waals surface area contributed by atoms with E-state index in [0.717, 1.165) is 10.0 Å². The zero-order valence-electron chi connectivity index (χ0n) is 12.7. The maximum Gasteiger partial charge on any atom is 0.677 e. The Morgan fingerprint density at radius 3 is 2.52 bits per heavy atom. The molecule has 3 rings (SSSR count). The smallest absolute Gasteiger partial charge is 0.360 e. The van der Waals surface area contributed by atoms with Crippen LogP contribution >= 0.6 is 0 Å². The molecule has 0 saturated heterocycles. The lowest BCUT2D eigenvalue weighted by Gasteiger charge is -2.13. The standard InChI is InChI=1S/C17H16BF2N3/c1-13(14-7-3-2-4-8-14)22-17(15-9-5-11-21-15)16-10-6-12-23(16)18(19)20/h2-13,21H,1H3/t13-/m0/s1. The number of hydrogen-bond acceptors (Lipinski definition) is 1. The molecule has 0 amide bonds. The van der Waals surface area contributed by atoms with Crippen molar-refractivity contribution in [3.63, 3.8) is 0 Å². The van der Waals surface area contributed by atoms with Gasteiger partial charge in [0.1, 0.15) is 5.71 Å². The molecule has 2 heterocycles. The van der Waals surface area contributed by atoms with Crippen LogP contribution < -0.4 is 0 Å². The summed E-state index contributed by atoms with van der Waals surface area (Å²) in [5.74, 6) is 0. The zero-order valence-corrected chi connectivity index (χ0v) is 12.7. The molecule has 3 aromatic rings. The zero-order chi connectivity index (χ0) is 16.2. The van der Waals surface area contributed by atoms with Crippen molar-refractivity contribution in [2.45, 2.75) is 13.0 Å². The van der Waals surface area contributed by atoms with Gasteiger partial charge < -0.3 is 9.46 Å². The highest BCUT2D eigenvalue weighted by Crippen LogP contribution is 2.20. The second-order valence-corrected chi connectivity index (χ2v) is 5.23. The van der Waals surface area contributed by atoms with E-state index in [4.69, 9.17) is 4.99 Å². The number of hydrogen-bond donors (Lipinski definition) is 1. The van der Waals surface area contributed by atoms with E-state index in [2.05, 4.69) is 4.98 Å². The second kappa shape index (κ2) is 6.65. The lowest BCUT2D eigenvalue weighted by molar-refractivity contribution is 0.628. The van der Waals surface area contributed by atoms with Crippen LogP contribution in [0.25, 0.3) is 0 Å². The minimum absolute atomic E-state index is 0.143. The first-order valence-corrected chi connectivity index (χ1v) is 7.38. The van der Waals surface area contributed by atoms with Gasteiger partial charge in [-0.05, 0) is 42.9 Å². The van der Waals surface area contributed by atoms with E-state index in [1.165, 1.54) is 6.20 Å². The van der Waals surface area contributed by atoms with Gasteiger partial charge in [0.25, 0.3) is 0 Å². The molecule has 2 aromatic heterocycles. The number of halogens is 2. The first-order chi connectivity index (χ1) is 11.2. The Hall–Kier alpha value is -2.63. The number of aromatic amines is 1. The largest absolute Gasteiger partial charge is 0.677 e. The highest BCUT2D eigenvalue weighted by molar-refractivity contribution is 6.42. The minimum Gasteiger partial charge on any atom is -0.360 e. The van der Waals surface area contributed by atoms with Crippen molar-refractivity contribution in [1.29, 1.82) is 0 Å². The molecule has 0 saturated carbocycles. The topological polar surface area (TPSA) is 33.1 Å². The SMILES string of the molecule is C[C@H](N=C(c1ccc[nH]1)c1cccn1B(F)F)c1ccccc1. The van der Waals surface area contributed by atoms with E-state index in [-0.39, 0.29) is 6.04 Å². The van der Waals surface area contributed by atoms with Gasteiger partial charge in [-0.3, -0.25) is 13.6 Å². The summed E-state index contributed by atoms with van der Waals surface area (Å²) in [5, 5.41) is 0. The Bertz CT molecular complexity index is 779. The maximum atomic E-state index is 13.2. The highest BCUT2D eigenvalue weighted by Gasteiger charge is 2.23. The van der Waals surface area contributed by atoms with Crippen LogP contribution in [-0.4, -0.2) is 22.6 Å². The lowest BCUT2D eigenvalue weighted by atomic mass is 10.1. The Balaban J connectivity index is 2.06. The predicted octanol–water partition coefficient (Wildman–Crippen LogP) is 4.19. The average Bonchev–Trinajstić information content (AvgIpc) is 3.24. The molecule has 0 aliphatic carbocycles. The fourth-order valence-electron chi connectivity index (χ4n) is 2.52. The van der Waals surface area contributed by atoms with Crippen LogP contribution in [0.5, 0.6) is 0 Å². The predicted molar refractivity (Wildman–Crippen MR) is 89.1 cm³/mol. The molecule has 1 N–H and O–H groups in total. The molecule has 0 spiro atoms. The quantitative estimate of drug-likeness (QED) is 0.541. The molecule has 0 aliphatic heterocycles. The van der Waals surface area contributed by atoms with Gasteiger partial charge in [0.05, 0.1) is 17.4 Å². The molecular weight excluding hydrogens is 295 g/mol. The van der Waals surface area contributed by atoms with E-state index in [1.54, 1.807) is 18.3 Å². The van der Waals surface area contributed by atoms with Crippen molar-refractivity contribution in [2.75, 3.05) is 0 Å². The number of nitrogens with one attached hydrogen (secondary N) is 1. The van der Waals surface area contributed by atoms with Gasteiger partial charge in [-0.1, -0.05) is 30.3 Å². The fourth-order valence-corrected chi connectivity index (χ4v) is 2.52. The van der Waals surface area contributed by atoms with Gasteiger partial charge in [-0.15, -0.1) is 0 Å². The summed E-state index contributed by atoms with van der Waals surface area (Å²) in [5.41, 5.74) is 2.67. The van der Waals surface area contributed by atoms with Gasteiger partial charge in [-0.25, -0.2) is 0 Å². The van der Waals surface area contributed by atoms with Crippen molar-refractivity contribution >= 4 is 13.1 Å². The Labute approximate surface area is 133 Å². The maximum absolute atomic E-state index is 13.2. The van der Waals surface area contributed by atoms with Crippen LogP contribution in [-0.2, 0) is 0 Å². The van der Waals surface area contributed by atoms with Gasteiger partial charge in [0.2, 0.25) is 0 Å². The summed E-state index contributed by atoms with van der Waals surface area (Å²) in [6.07, 6.45) is 3.12. The molecule has 1 aromatic carbocycles. The van der Waals surface area contributed by atoms with Gasteiger partial charge in [0.15, 0.2) is 0 Å². The monoisotopic (exact) mass is 311 g/mol. The van der Waals surface area contributed by atoms with E-state index in [9.17, 15) is 8.63 Å². The molecule has 0 fully saturated rings. The van der Waals surface area contributed by atoms with Crippen molar-refractivity contribution in [2.24, 2.45) is 4.99 Å². The molecule has 0 aliphatic rings. The van der Waals surface area contributed by atoms with E-state index in [1.807, 2.05) is 49.4 Å². The first-order valence-electron chi connectivity index (χ1n) is 7.38. The molecule has 0 radical (unpaired) electrons. The van der Waals surface area contributed by atoms with Crippen LogP contribution in [0.2, 0.25) is 0 Å². The molecule has 116 valence electrons. The number of aliphatic imine (C=N–C) groups is 1. The fraction of sp³-hybridized carbons (Fsp3) is 0.118. The normalized spacial score (nSPS) is 13.1. The number of H-pyrrole nitrogens is 1. The van der Waals surface area contributed by atoms with Crippen LogP contribution in [0.3, 0.4) is 0 Å². The van der Waals surface area contributed by atoms with Gasteiger partial charge in [-0.2, -0.15) is 0 Å². The summed E-state index contributed by atoms with van der Waals surface area (Å²) in [4.78, 5) is 7.77. The molecule has 6 heteroatoms. The van der Waals surface area contributed by atoms with Crippen LogP contribution in [0.15, 0.2) is 72.0 Å². The van der Waals surface area contributed by atoms with Crippen LogP contribution in [0.1, 0.15) is 29.9 Å². The van der Waals surface area contributed by atoms with Crippen LogP contribution in [0, 0.1) is 0 Å². The van der Waals surface area contributed by atoms with Crippen molar-refractivity contribution in [1.82, 2.24) is 9.46 Å². The molecule has 3 nitrogen and oxygen atoms in total. The summed E-state index contributed by atoms with van der Waals surface area (Å²) < 4.78 is 27.4. The average molecular weight is 311 g/mol. The lowest BCUT2D eigenvalue weighted by Crippen LogP contribution is -2.20. The van der Waals surface area contributed by atoms with E-state index in [0.29, 0.717) is 17.1 Å². The summed E-state index contributed by atoms with van der Waals surface area (Å²) in [7, 11) is -2.60. The third-order valence-corrected chi connectivity index (χ3v) is 3.69. The molecular formula is C17H16BF2N3. The minimum atomic E-state index is -2.60. The molecule has 1 atom stereocenters. The van der Waals surface area contributed by atoms with Crippen LogP contribution in [0.4, 0.5) is 8.63 Å². The Morgan fingerprint density at radius 1 is 1.09 bits per heavy atom. The first kappa shape index (κ1) is 15.3.